The fourth-order valence-electron chi connectivity index (χ4n) is 9.56. The smallest absolute Gasteiger partial charge is 0.113 e. The second-order valence-electron chi connectivity index (χ2n) is 16.8. The Morgan fingerprint density at radius 2 is 0.625 bits per heavy atom. The van der Waals surface area contributed by atoms with Crippen LogP contribution >= 0.6 is 0 Å². The first-order valence-electron chi connectivity index (χ1n) is 19.9. The van der Waals surface area contributed by atoms with Crippen molar-refractivity contribution in [1.82, 2.24) is 0 Å². The van der Waals surface area contributed by atoms with E-state index in [1.807, 2.05) is 0 Å². The molecule has 2 aliphatic heterocycles. The van der Waals surface area contributed by atoms with E-state index in [4.69, 9.17) is 0 Å². The van der Waals surface area contributed by atoms with Crippen molar-refractivity contribution in [3.63, 3.8) is 0 Å². The van der Waals surface area contributed by atoms with E-state index in [1.165, 1.54) is 88.7 Å². The molecule has 4 heteroatoms. The summed E-state index contributed by atoms with van der Waals surface area (Å²) in [7, 11) is -4.29. The lowest BCUT2D eigenvalue weighted by atomic mass is 9.90. The molecule has 2 heterocycles. The molecule has 0 saturated carbocycles. The van der Waals surface area contributed by atoms with Crippen LogP contribution in [0.25, 0.3) is 33.0 Å². The Bertz CT molecular complexity index is 2610. The van der Waals surface area contributed by atoms with Gasteiger partial charge >= 0.3 is 0 Å². The molecule has 0 N–H and O–H groups in total. The highest BCUT2D eigenvalue weighted by Crippen LogP contribution is 2.44. The fraction of sp³-hybridized carbons (Fsp3) is 0.115. The zero-order valence-corrected chi connectivity index (χ0v) is 35.1. The molecule has 0 spiro atoms. The van der Waals surface area contributed by atoms with Crippen LogP contribution in [-0.4, -0.2) is 16.1 Å². The lowest BCUT2D eigenvalue weighted by Crippen LogP contribution is -2.59. The number of aryl methyl sites for hydroxylation is 2. The lowest BCUT2D eigenvalue weighted by molar-refractivity contribution is 1.28. The zero-order valence-electron chi connectivity index (χ0n) is 33.1. The number of rotatable bonds is 6. The van der Waals surface area contributed by atoms with E-state index in [0.29, 0.717) is 0 Å². The van der Waals surface area contributed by atoms with Crippen molar-refractivity contribution in [2.45, 2.75) is 40.0 Å². The second-order valence-corrected chi connectivity index (χ2v) is 25.4. The number of hydrogen-bond donors (Lipinski definition) is 0. The van der Waals surface area contributed by atoms with Crippen molar-refractivity contribution >= 4 is 81.8 Å². The van der Waals surface area contributed by atoms with Crippen LogP contribution in [0.4, 0.5) is 34.1 Å². The fourth-order valence-corrected chi connectivity index (χ4v) is 15.7. The maximum absolute atomic E-state index is 2.57. The van der Waals surface area contributed by atoms with Crippen LogP contribution in [0.2, 0.25) is 26.2 Å². The molecule has 0 bridgehead atoms. The van der Waals surface area contributed by atoms with Crippen molar-refractivity contribution in [2.75, 3.05) is 9.80 Å². The van der Waals surface area contributed by atoms with Gasteiger partial charge in [-0.1, -0.05) is 134 Å². The molecule has 0 aliphatic carbocycles. The maximum Gasteiger partial charge on any atom is 0.113 e. The van der Waals surface area contributed by atoms with Gasteiger partial charge < -0.3 is 9.80 Å². The number of hydrogen-bond acceptors (Lipinski definition) is 2. The van der Waals surface area contributed by atoms with E-state index in [9.17, 15) is 0 Å². The van der Waals surface area contributed by atoms with Crippen LogP contribution < -0.4 is 30.5 Å². The molecule has 0 aromatic heterocycles. The Kier molecular flexibility index (Phi) is 7.90. The molecule has 0 unspecified atom stereocenters. The van der Waals surface area contributed by atoms with Gasteiger partial charge in [0.05, 0.1) is 0 Å². The van der Waals surface area contributed by atoms with Crippen molar-refractivity contribution < 1.29 is 0 Å². The van der Waals surface area contributed by atoms with E-state index < -0.39 is 16.1 Å². The number of benzene rings is 8. The molecule has 2 aliphatic rings. The van der Waals surface area contributed by atoms with E-state index in [-0.39, 0.29) is 0 Å². The highest BCUT2D eigenvalue weighted by Gasteiger charge is 2.42. The molecular weight excluding hydrogens is 709 g/mol. The second kappa shape index (κ2) is 12.8. The molecular formula is C52H46N2Si2. The minimum atomic E-state index is -2.14. The normalized spacial score (nSPS) is 14.2. The van der Waals surface area contributed by atoms with E-state index >= 15 is 0 Å². The summed E-state index contributed by atoms with van der Waals surface area (Å²) in [5.74, 6) is 0. The molecule has 0 saturated heterocycles. The standard InChI is InChI=1S/C52H46N2Si2/c1-35-17-21-39(22-18-35)53(37-13-9-7-10-14-37)41-25-27-43-45-29-30-46-44-28-26-42(54(38-15-11-8-12-16-38)40-23-19-36(2)20-24-40)34-50(44)56(5,6)48-32-31-47(51(45)52(46)48)55(3,4)49(43)33-41/h7-34H,1-6H3. The minimum absolute atomic E-state index is 1.17. The maximum atomic E-state index is 2.57. The van der Waals surface area contributed by atoms with Crippen LogP contribution in [0, 0.1) is 13.8 Å². The largest absolute Gasteiger partial charge is 0.311 e. The predicted octanol–water partition coefficient (Wildman–Crippen LogP) is 12.0. The number of para-hydroxylation sites is 2. The van der Waals surface area contributed by atoms with Crippen LogP contribution in [0.15, 0.2) is 170 Å². The molecule has 2 nitrogen and oxygen atoms in total. The number of anilines is 6. The van der Waals surface area contributed by atoms with Crippen LogP contribution in [0.3, 0.4) is 0 Å². The molecule has 56 heavy (non-hydrogen) atoms. The molecule has 0 amide bonds. The number of nitrogens with zero attached hydrogens (tertiary/aromatic N) is 2. The average molecular weight is 755 g/mol. The van der Waals surface area contributed by atoms with Crippen molar-refractivity contribution in [3.05, 3.63) is 181 Å². The Morgan fingerprint density at radius 1 is 0.304 bits per heavy atom. The highest BCUT2D eigenvalue weighted by atomic mass is 28.3. The first-order chi connectivity index (χ1) is 27.1. The SMILES string of the molecule is Cc1ccc(N(c2ccccc2)c2ccc3c(c2)[Si](C)(C)c2ccc4c5c(ccc-3c25)-c2ccc(N(c3ccccc3)c3ccc(C)cc3)cc2[Si]4(C)C)cc1. The summed E-state index contributed by atoms with van der Waals surface area (Å²) in [5, 5.41) is 9.12. The van der Waals surface area contributed by atoms with Gasteiger partial charge in [-0.25, -0.2) is 0 Å². The Morgan fingerprint density at radius 3 is 1.00 bits per heavy atom. The molecule has 0 radical (unpaired) electrons. The molecule has 272 valence electrons. The van der Waals surface area contributed by atoms with Crippen molar-refractivity contribution in [3.8, 4) is 22.3 Å². The van der Waals surface area contributed by atoms with Crippen molar-refractivity contribution in [2.24, 2.45) is 0 Å². The van der Waals surface area contributed by atoms with Crippen LogP contribution in [-0.2, 0) is 0 Å². The van der Waals surface area contributed by atoms with E-state index in [0.717, 1.165) is 0 Å². The molecule has 8 aromatic rings. The monoisotopic (exact) mass is 754 g/mol. The molecule has 0 fully saturated rings. The first-order valence-corrected chi connectivity index (χ1v) is 25.9. The lowest BCUT2D eigenvalue weighted by Gasteiger charge is -2.40. The predicted molar refractivity (Wildman–Crippen MR) is 247 cm³/mol. The highest BCUT2D eigenvalue weighted by molar-refractivity contribution is 7.05. The summed E-state index contributed by atoms with van der Waals surface area (Å²) in [6.07, 6.45) is 0. The minimum Gasteiger partial charge on any atom is -0.311 e. The Balaban J connectivity index is 1.14. The van der Waals surface area contributed by atoms with Gasteiger partial charge in [0, 0.05) is 34.1 Å². The zero-order chi connectivity index (χ0) is 38.3. The summed E-state index contributed by atoms with van der Waals surface area (Å²) in [6.45, 7) is 14.6. The van der Waals surface area contributed by atoms with Gasteiger partial charge in [0.2, 0.25) is 0 Å². The summed E-state index contributed by atoms with van der Waals surface area (Å²) >= 11 is 0. The summed E-state index contributed by atoms with van der Waals surface area (Å²) in [5.41, 5.74) is 15.2. The van der Waals surface area contributed by atoms with Gasteiger partial charge in [-0.2, -0.15) is 0 Å². The van der Waals surface area contributed by atoms with Gasteiger partial charge in [-0.3, -0.25) is 0 Å². The molecule has 10 rings (SSSR count). The third-order valence-corrected chi connectivity index (χ3v) is 19.6. The third-order valence-electron chi connectivity index (χ3n) is 12.6. The topological polar surface area (TPSA) is 6.48 Å². The van der Waals surface area contributed by atoms with Crippen LogP contribution in [0.5, 0.6) is 0 Å². The Hall–Kier alpha value is -5.95. The Labute approximate surface area is 333 Å². The van der Waals surface area contributed by atoms with Gasteiger partial charge in [0.25, 0.3) is 0 Å². The number of fused-ring (bicyclic) bond motifs is 4. The summed E-state index contributed by atoms with van der Waals surface area (Å²) < 4.78 is 0. The van der Waals surface area contributed by atoms with Crippen LogP contribution in [0.1, 0.15) is 11.1 Å². The van der Waals surface area contributed by atoms with E-state index in [1.54, 1.807) is 10.4 Å². The van der Waals surface area contributed by atoms with Gasteiger partial charge in [0.1, 0.15) is 16.1 Å². The average Bonchev–Trinajstić information content (AvgIpc) is 3.22. The van der Waals surface area contributed by atoms with E-state index in [2.05, 4.69) is 220 Å². The molecule has 0 atom stereocenters. The van der Waals surface area contributed by atoms with Crippen molar-refractivity contribution in [1.29, 1.82) is 0 Å². The first kappa shape index (κ1) is 34.5. The third kappa shape index (κ3) is 5.27. The van der Waals surface area contributed by atoms with Gasteiger partial charge in [-0.05, 0) is 140 Å². The summed E-state index contributed by atoms with van der Waals surface area (Å²) in [6, 6.07) is 63.9. The van der Waals surface area contributed by atoms with Gasteiger partial charge in [-0.15, -0.1) is 0 Å². The quantitative estimate of drug-likeness (QED) is 0.156. The molecule has 8 aromatic carbocycles. The van der Waals surface area contributed by atoms with Gasteiger partial charge in [0.15, 0.2) is 0 Å². The summed E-state index contributed by atoms with van der Waals surface area (Å²) in [4.78, 5) is 4.83.